The summed E-state index contributed by atoms with van der Waals surface area (Å²) >= 11 is 3.34. The van der Waals surface area contributed by atoms with Crippen LogP contribution in [0.3, 0.4) is 0 Å². The van der Waals surface area contributed by atoms with Crippen molar-refractivity contribution in [1.29, 1.82) is 0 Å². The van der Waals surface area contributed by atoms with Gasteiger partial charge in [-0.3, -0.25) is 0 Å². The quantitative estimate of drug-likeness (QED) is 0.806. The van der Waals surface area contributed by atoms with Crippen LogP contribution in [0.1, 0.15) is 26.1 Å². The zero-order chi connectivity index (χ0) is 11.3. The molecule has 15 heavy (non-hydrogen) atoms. The zero-order valence-electron chi connectivity index (χ0n) is 9.00. The Balaban J connectivity index is 2.70. The highest BCUT2D eigenvalue weighted by Crippen LogP contribution is 2.13. The number of aromatic nitrogens is 2. The molecule has 0 saturated carbocycles. The summed E-state index contributed by atoms with van der Waals surface area (Å²) in [5.74, 6) is 1.57. The smallest absolute Gasteiger partial charge is 0.132 e. The van der Waals surface area contributed by atoms with Gasteiger partial charge in [0, 0.05) is 19.0 Å². The Labute approximate surface area is 98.3 Å². The van der Waals surface area contributed by atoms with Crippen molar-refractivity contribution in [2.24, 2.45) is 0 Å². The van der Waals surface area contributed by atoms with E-state index in [1.165, 1.54) is 0 Å². The lowest BCUT2D eigenvalue weighted by Gasteiger charge is -2.09. The van der Waals surface area contributed by atoms with Gasteiger partial charge < -0.3 is 10.4 Å². The van der Waals surface area contributed by atoms with Gasteiger partial charge in [0.25, 0.3) is 0 Å². The van der Waals surface area contributed by atoms with Crippen LogP contribution >= 0.6 is 15.9 Å². The molecule has 0 aliphatic heterocycles. The molecule has 1 rings (SSSR count). The molecule has 0 aromatic carbocycles. The second kappa shape index (κ2) is 6.02. The number of rotatable bonds is 5. The van der Waals surface area contributed by atoms with Crippen LogP contribution in [0.5, 0.6) is 0 Å². The summed E-state index contributed by atoms with van der Waals surface area (Å²) in [6.07, 6.45) is 1.50. The van der Waals surface area contributed by atoms with Crippen LogP contribution in [-0.4, -0.2) is 27.7 Å². The Morgan fingerprint density at radius 3 is 2.87 bits per heavy atom. The van der Waals surface area contributed by atoms with Crippen molar-refractivity contribution in [2.45, 2.75) is 32.8 Å². The van der Waals surface area contributed by atoms with E-state index in [9.17, 15) is 0 Å². The molecule has 0 amide bonds. The molecule has 1 unspecified atom stereocenters. The molecule has 1 atom stereocenters. The molecule has 4 nitrogen and oxygen atoms in total. The van der Waals surface area contributed by atoms with E-state index in [0.29, 0.717) is 6.54 Å². The standard InChI is InChI=1S/C10H16BrN3O/c1-3-4-9-13-8(11)5-10(14-9)12-6-7(2)15/h5,7,15H,3-4,6H2,1-2H3,(H,12,13,14). The Morgan fingerprint density at radius 1 is 1.53 bits per heavy atom. The Morgan fingerprint density at radius 2 is 2.27 bits per heavy atom. The molecule has 1 aromatic rings. The molecule has 0 bridgehead atoms. The van der Waals surface area contributed by atoms with Crippen LogP contribution in [0.15, 0.2) is 10.7 Å². The maximum Gasteiger partial charge on any atom is 0.132 e. The van der Waals surface area contributed by atoms with Crippen LogP contribution < -0.4 is 5.32 Å². The Kier molecular flexibility index (Phi) is 4.98. The third-order valence-electron chi connectivity index (χ3n) is 1.79. The summed E-state index contributed by atoms with van der Waals surface area (Å²) < 4.78 is 0.772. The summed E-state index contributed by atoms with van der Waals surface area (Å²) in [6.45, 7) is 4.32. The molecule has 84 valence electrons. The third-order valence-corrected chi connectivity index (χ3v) is 2.20. The van der Waals surface area contributed by atoms with Gasteiger partial charge in [-0.2, -0.15) is 0 Å². The van der Waals surface area contributed by atoms with E-state index < -0.39 is 0 Å². The summed E-state index contributed by atoms with van der Waals surface area (Å²) in [6, 6.07) is 1.81. The first-order valence-corrected chi connectivity index (χ1v) is 5.86. The summed E-state index contributed by atoms with van der Waals surface area (Å²) in [4.78, 5) is 8.59. The maximum absolute atomic E-state index is 9.14. The topological polar surface area (TPSA) is 58.0 Å². The number of anilines is 1. The monoisotopic (exact) mass is 273 g/mol. The van der Waals surface area contributed by atoms with E-state index in [-0.39, 0.29) is 6.10 Å². The fraction of sp³-hybridized carbons (Fsp3) is 0.600. The molecule has 0 aliphatic rings. The Hall–Kier alpha value is -0.680. The van der Waals surface area contributed by atoms with Gasteiger partial charge in [0.05, 0.1) is 6.10 Å². The number of nitrogens with zero attached hydrogens (tertiary/aromatic N) is 2. The van der Waals surface area contributed by atoms with Gasteiger partial charge in [-0.1, -0.05) is 6.92 Å². The van der Waals surface area contributed by atoms with E-state index in [2.05, 4.69) is 38.1 Å². The van der Waals surface area contributed by atoms with Gasteiger partial charge in [-0.15, -0.1) is 0 Å². The van der Waals surface area contributed by atoms with Gasteiger partial charge in [-0.05, 0) is 29.3 Å². The number of aryl methyl sites for hydroxylation is 1. The molecule has 0 aliphatic carbocycles. The minimum Gasteiger partial charge on any atom is -0.392 e. The lowest BCUT2D eigenvalue weighted by Crippen LogP contribution is -2.16. The SMILES string of the molecule is CCCc1nc(Br)cc(NCC(C)O)n1. The first-order chi connectivity index (χ1) is 7.11. The van der Waals surface area contributed by atoms with Gasteiger partial charge in [-0.25, -0.2) is 9.97 Å². The van der Waals surface area contributed by atoms with E-state index >= 15 is 0 Å². The molecule has 0 spiro atoms. The third kappa shape index (κ3) is 4.57. The lowest BCUT2D eigenvalue weighted by atomic mass is 10.3. The minimum absolute atomic E-state index is 0.381. The van der Waals surface area contributed by atoms with Crippen LogP contribution in [0.2, 0.25) is 0 Å². The van der Waals surface area contributed by atoms with Gasteiger partial charge >= 0.3 is 0 Å². The summed E-state index contributed by atoms with van der Waals surface area (Å²) in [5, 5.41) is 12.2. The van der Waals surface area contributed by atoms with Crippen molar-refractivity contribution >= 4 is 21.7 Å². The van der Waals surface area contributed by atoms with Crippen LogP contribution in [0.25, 0.3) is 0 Å². The van der Waals surface area contributed by atoms with E-state index in [1.807, 2.05) is 6.07 Å². The number of aliphatic hydroxyl groups is 1. The first kappa shape index (κ1) is 12.4. The fourth-order valence-electron chi connectivity index (χ4n) is 1.14. The number of aliphatic hydroxyl groups excluding tert-OH is 1. The number of halogens is 1. The van der Waals surface area contributed by atoms with Crippen molar-refractivity contribution in [3.8, 4) is 0 Å². The highest BCUT2D eigenvalue weighted by Gasteiger charge is 2.03. The number of hydrogen-bond acceptors (Lipinski definition) is 4. The summed E-state index contributed by atoms with van der Waals surface area (Å²) in [5.41, 5.74) is 0. The average Bonchev–Trinajstić information content (AvgIpc) is 2.14. The number of nitrogens with one attached hydrogen (secondary N) is 1. The predicted molar refractivity (Wildman–Crippen MR) is 63.9 cm³/mol. The van der Waals surface area contributed by atoms with Crippen molar-refractivity contribution in [2.75, 3.05) is 11.9 Å². The Bertz CT molecular complexity index is 318. The molecule has 5 heteroatoms. The van der Waals surface area contributed by atoms with E-state index in [4.69, 9.17) is 5.11 Å². The van der Waals surface area contributed by atoms with Crippen molar-refractivity contribution in [3.05, 3.63) is 16.5 Å². The average molecular weight is 274 g/mol. The van der Waals surface area contributed by atoms with Crippen molar-refractivity contribution in [1.82, 2.24) is 9.97 Å². The molecule has 1 aromatic heterocycles. The first-order valence-electron chi connectivity index (χ1n) is 5.07. The fourth-order valence-corrected chi connectivity index (χ4v) is 1.56. The van der Waals surface area contributed by atoms with Gasteiger partial charge in [0.2, 0.25) is 0 Å². The zero-order valence-corrected chi connectivity index (χ0v) is 10.6. The second-order valence-electron chi connectivity index (χ2n) is 3.47. The minimum atomic E-state index is -0.381. The highest BCUT2D eigenvalue weighted by molar-refractivity contribution is 9.10. The van der Waals surface area contributed by atoms with Crippen LogP contribution in [0.4, 0.5) is 5.82 Å². The number of hydrogen-bond donors (Lipinski definition) is 2. The summed E-state index contributed by atoms with van der Waals surface area (Å²) in [7, 11) is 0. The van der Waals surface area contributed by atoms with Gasteiger partial charge in [0.1, 0.15) is 16.2 Å². The normalized spacial score (nSPS) is 12.5. The van der Waals surface area contributed by atoms with Crippen LogP contribution in [-0.2, 0) is 6.42 Å². The van der Waals surface area contributed by atoms with Crippen LogP contribution in [0, 0.1) is 0 Å². The molecule has 0 radical (unpaired) electrons. The molecule has 0 fully saturated rings. The lowest BCUT2D eigenvalue weighted by molar-refractivity contribution is 0.208. The van der Waals surface area contributed by atoms with E-state index in [0.717, 1.165) is 29.1 Å². The molecular weight excluding hydrogens is 258 g/mol. The largest absolute Gasteiger partial charge is 0.392 e. The second-order valence-corrected chi connectivity index (χ2v) is 4.28. The predicted octanol–water partition coefficient (Wildman–Crippen LogP) is 1.98. The van der Waals surface area contributed by atoms with Crippen molar-refractivity contribution in [3.63, 3.8) is 0 Å². The van der Waals surface area contributed by atoms with Crippen molar-refractivity contribution < 1.29 is 5.11 Å². The highest BCUT2D eigenvalue weighted by atomic mass is 79.9. The molecule has 2 N–H and O–H groups in total. The molecule has 0 saturated heterocycles. The van der Waals surface area contributed by atoms with E-state index in [1.54, 1.807) is 6.92 Å². The molecular formula is C10H16BrN3O. The maximum atomic E-state index is 9.14. The van der Waals surface area contributed by atoms with Gasteiger partial charge in [0.15, 0.2) is 0 Å². The molecule has 1 heterocycles.